The minimum atomic E-state index is -0.260. The number of hydrogen-bond acceptors (Lipinski definition) is 5. The van der Waals surface area contributed by atoms with Crippen LogP contribution in [0.25, 0.3) is 0 Å². The van der Waals surface area contributed by atoms with Crippen molar-refractivity contribution in [2.24, 2.45) is 0 Å². The van der Waals surface area contributed by atoms with Gasteiger partial charge < -0.3 is 20.1 Å². The molecule has 0 aromatic heterocycles. The van der Waals surface area contributed by atoms with Crippen LogP contribution < -0.4 is 20.1 Å². The molecular weight excluding hydrogens is 406 g/mol. The highest BCUT2D eigenvalue weighted by atomic mass is 16.5. The highest BCUT2D eigenvalue weighted by Gasteiger charge is 2.12. The quantitative estimate of drug-likeness (QED) is 0.533. The number of para-hydroxylation sites is 3. The van der Waals surface area contributed by atoms with Crippen molar-refractivity contribution in [3.63, 3.8) is 0 Å². The topological polar surface area (TPSA) is 79.9 Å². The van der Waals surface area contributed by atoms with Crippen molar-refractivity contribution >= 4 is 23.2 Å². The molecule has 166 valence electrons. The zero-order valence-corrected chi connectivity index (χ0v) is 18.4. The van der Waals surface area contributed by atoms with Gasteiger partial charge in [0.15, 0.2) is 0 Å². The van der Waals surface area contributed by atoms with E-state index >= 15 is 0 Å². The second-order valence-corrected chi connectivity index (χ2v) is 7.26. The standard InChI is InChI=1S/C25H27N3O4/c1-28(16-19-8-4-6-10-22(19)31-2)17-24(29)26-20-14-12-18(13-15-20)25(30)27-21-9-5-7-11-23(21)32-3/h4-15H,16-17H2,1-3H3,(H,26,29)(H,27,30). The second kappa shape index (κ2) is 11.0. The zero-order valence-electron chi connectivity index (χ0n) is 18.4. The lowest BCUT2D eigenvalue weighted by Crippen LogP contribution is -2.30. The van der Waals surface area contributed by atoms with Crippen molar-refractivity contribution in [3.05, 3.63) is 83.9 Å². The summed E-state index contributed by atoms with van der Waals surface area (Å²) >= 11 is 0. The van der Waals surface area contributed by atoms with E-state index in [2.05, 4.69) is 10.6 Å². The molecule has 0 saturated heterocycles. The van der Waals surface area contributed by atoms with Gasteiger partial charge in [0.1, 0.15) is 11.5 Å². The van der Waals surface area contributed by atoms with Gasteiger partial charge in [-0.2, -0.15) is 0 Å². The van der Waals surface area contributed by atoms with Crippen LogP contribution in [0.15, 0.2) is 72.8 Å². The lowest BCUT2D eigenvalue weighted by molar-refractivity contribution is -0.117. The molecule has 0 bridgehead atoms. The molecule has 7 heteroatoms. The van der Waals surface area contributed by atoms with Gasteiger partial charge in [-0.3, -0.25) is 14.5 Å². The maximum absolute atomic E-state index is 12.5. The predicted molar refractivity (Wildman–Crippen MR) is 125 cm³/mol. The first-order valence-corrected chi connectivity index (χ1v) is 10.1. The number of rotatable bonds is 9. The van der Waals surface area contributed by atoms with Gasteiger partial charge in [-0.1, -0.05) is 30.3 Å². The minimum Gasteiger partial charge on any atom is -0.496 e. The molecule has 3 aromatic carbocycles. The number of likely N-dealkylation sites (N-methyl/N-ethyl adjacent to an activating group) is 1. The number of anilines is 2. The summed E-state index contributed by atoms with van der Waals surface area (Å²) in [5.74, 6) is 0.973. The highest BCUT2D eigenvalue weighted by molar-refractivity contribution is 6.05. The smallest absolute Gasteiger partial charge is 0.255 e. The summed E-state index contributed by atoms with van der Waals surface area (Å²) in [6.45, 7) is 0.799. The summed E-state index contributed by atoms with van der Waals surface area (Å²) < 4.78 is 10.6. The number of hydrogen-bond donors (Lipinski definition) is 2. The number of carbonyl (C=O) groups is 2. The van der Waals surface area contributed by atoms with Gasteiger partial charge in [0.05, 0.1) is 26.5 Å². The van der Waals surface area contributed by atoms with E-state index in [0.717, 1.165) is 11.3 Å². The van der Waals surface area contributed by atoms with E-state index in [1.165, 1.54) is 0 Å². The average Bonchev–Trinajstić information content (AvgIpc) is 2.80. The van der Waals surface area contributed by atoms with E-state index in [0.29, 0.717) is 29.2 Å². The molecule has 3 aromatic rings. The summed E-state index contributed by atoms with van der Waals surface area (Å²) in [7, 11) is 5.05. The van der Waals surface area contributed by atoms with E-state index in [4.69, 9.17) is 9.47 Å². The van der Waals surface area contributed by atoms with Crippen molar-refractivity contribution in [2.75, 3.05) is 38.4 Å². The molecule has 0 unspecified atom stereocenters. The van der Waals surface area contributed by atoms with E-state index in [1.807, 2.05) is 48.3 Å². The number of nitrogens with zero attached hydrogens (tertiary/aromatic N) is 1. The lowest BCUT2D eigenvalue weighted by Gasteiger charge is -2.18. The van der Waals surface area contributed by atoms with E-state index in [-0.39, 0.29) is 18.4 Å². The third-order valence-electron chi connectivity index (χ3n) is 4.83. The Morgan fingerprint density at radius 1 is 0.812 bits per heavy atom. The Kier molecular flexibility index (Phi) is 7.83. The molecule has 0 radical (unpaired) electrons. The first kappa shape index (κ1) is 22.8. The van der Waals surface area contributed by atoms with Gasteiger partial charge in [-0.05, 0) is 49.5 Å². The Morgan fingerprint density at radius 2 is 1.44 bits per heavy atom. The van der Waals surface area contributed by atoms with Gasteiger partial charge in [0.2, 0.25) is 5.91 Å². The van der Waals surface area contributed by atoms with Crippen molar-refractivity contribution in [3.8, 4) is 11.5 Å². The van der Waals surface area contributed by atoms with Crippen LogP contribution in [0.3, 0.4) is 0 Å². The molecule has 0 heterocycles. The predicted octanol–water partition coefficient (Wildman–Crippen LogP) is 4.03. The van der Waals surface area contributed by atoms with E-state index in [9.17, 15) is 9.59 Å². The number of amides is 2. The monoisotopic (exact) mass is 433 g/mol. The molecule has 0 aliphatic carbocycles. The van der Waals surface area contributed by atoms with Crippen LogP contribution in [-0.2, 0) is 11.3 Å². The average molecular weight is 434 g/mol. The molecule has 2 N–H and O–H groups in total. The Labute approximate surface area is 188 Å². The van der Waals surface area contributed by atoms with E-state index < -0.39 is 0 Å². The van der Waals surface area contributed by atoms with Gasteiger partial charge in [0.25, 0.3) is 5.91 Å². The first-order valence-electron chi connectivity index (χ1n) is 10.1. The van der Waals surface area contributed by atoms with Crippen molar-refractivity contribution in [1.82, 2.24) is 4.90 Å². The SMILES string of the molecule is COc1ccccc1CN(C)CC(=O)Nc1ccc(C(=O)Nc2ccccc2OC)cc1. The number of carbonyl (C=O) groups excluding carboxylic acids is 2. The Balaban J connectivity index is 1.54. The third-order valence-corrected chi connectivity index (χ3v) is 4.83. The molecule has 0 saturated carbocycles. The summed E-state index contributed by atoms with van der Waals surface area (Å²) in [5.41, 5.74) is 2.70. The number of nitrogens with one attached hydrogen (secondary N) is 2. The molecule has 2 amide bonds. The van der Waals surface area contributed by atoms with Crippen LogP contribution >= 0.6 is 0 Å². The Morgan fingerprint density at radius 3 is 2.12 bits per heavy atom. The van der Waals surface area contributed by atoms with Crippen LogP contribution in [-0.4, -0.2) is 44.5 Å². The lowest BCUT2D eigenvalue weighted by atomic mass is 10.1. The highest BCUT2D eigenvalue weighted by Crippen LogP contribution is 2.24. The van der Waals surface area contributed by atoms with Crippen LogP contribution in [0.1, 0.15) is 15.9 Å². The summed E-state index contributed by atoms with van der Waals surface area (Å²) in [6.07, 6.45) is 0. The molecule has 0 spiro atoms. The normalized spacial score (nSPS) is 10.5. The van der Waals surface area contributed by atoms with Crippen molar-refractivity contribution in [1.29, 1.82) is 0 Å². The fourth-order valence-electron chi connectivity index (χ4n) is 3.27. The van der Waals surface area contributed by atoms with Crippen molar-refractivity contribution < 1.29 is 19.1 Å². The van der Waals surface area contributed by atoms with Gasteiger partial charge in [-0.15, -0.1) is 0 Å². The molecule has 32 heavy (non-hydrogen) atoms. The molecule has 0 fully saturated rings. The van der Waals surface area contributed by atoms with Gasteiger partial charge in [0, 0.05) is 23.4 Å². The molecular formula is C25H27N3O4. The van der Waals surface area contributed by atoms with Crippen LogP contribution in [0.5, 0.6) is 11.5 Å². The molecule has 0 aliphatic heterocycles. The maximum atomic E-state index is 12.5. The fourth-order valence-corrected chi connectivity index (χ4v) is 3.27. The summed E-state index contributed by atoms with van der Waals surface area (Å²) in [6, 6.07) is 21.7. The summed E-state index contributed by atoms with van der Waals surface area (Å²) in [4.78, 5) is 26.8. The Bertz CT molecular complexity index is 1070. The molecule has 7 nitrogen and oxygen atoms in total. The van der Waals surface area contributed by atoms with Crippen LogP contribution in [0.2, 0.25) is 0 Å². The largest absolute Gasteiger partial charge is 0.496 e. The zero-order chi connectivity index (χ0) is 22.9. The Hall–Kier alpha value is -3.84. The molecule has 0 aliphatic rings. The molecule has 3 rings (SSSR count). The van der Waals surface area contributed by atoms with Crippen molar-refractivity contribution in [2.45, 2.75) is 6.54 Å². The van der Waals surface area contributed by atoms with E-state index in [1.54, 1.807) is 50.6 Å². The molecule has 0 atom stereocenters. The van der Waals surface area contributed by atoms with Crippen LogP contribution in [0.4, 0.5) is 11.4 Å². The third kappa shape index (κ3) is 6.09. The fraction of sp³-hybridized carbons (Fsp3) is 0.200. The number of ether oxygens (including phenoxy) is 2. The van der Waals surface area contributed by atoms with Gasteiger partial charge in [-0.25, -0.2) is 0 Å². The number of methoxy groups -OCH3 is 2. The minimum absolute atomic E-state index is 0.145. The first-order chi connectivity index (χ1) is 15.5. The number of benzene rings is 3. The second-order valence-electron chi connectivity index (χ2n) is 7.26. The van der Waals surface area contributed by atoms with Gasteiger partial charge >= 0.3 is 0 Å². The van der Waals surface area contributed by atoms with Crippen LogP contribution in [0, 0.1) is 0 Å². The summed E-state index contributed by atoms with van der Waals surface area (Å²) in [5, 5.41) is 5.69. The maximum Gasteiger partial charge on any atom is 0.255 e.